The molecule has 0 spiro atoms. The zero-order valence-corrected chi connectivity index (χ0v) is 9.22. The number of rotatable bonds is 2. The molecule has 16 heavy (non-hydrogen) atoms. The highest BCUT2D eigenvalue weighted by Crippen LogP contribution is 2.30. The van der Waals surface area contributed by atoms with E-state index in [1.807, 2.05) is 24.3 Å². The number of hydrogen-bond acceptors (Lipinski definition) is 3. The van der Waals surface area contributed by atoms with Crippen LogP contribution in [0.2, 0.25) is 0 Å². The summed E-state index contributed by atoms with van der Waals surface area (Å²) in [6.45, 7) is 2.37. The summed E-state index contributed by atoms with van der Waals surface area (Å²) in [5, 5.41) is 9.41. The molecule has 1 aromatic rings. The molecule has 0 unspecified atom stereocenters. The Hall–Kier alpha value is -1.55. The second-order valence-electron chi connectivity index (χ2n) is 3.92. The molecule has 4 nitrogen and oxygen atoms in total. The van der Waals surface area contributed by atoms with E-state index >= 15 is 0 Å². The number of amides is 1. The van der Waals surface area contributed by atoms with Crippen molar-refractivity contribution in [2.75, 3.05) is 18.1 Å². The first kappa shape index (κ1) is 11.0. The van der Waals surface area contributed by atoms with Crippen molar-refractivity contribution < 1.29 is 14.6 Å². The van der Waals surface area contributed by atoms with Crippen molar-refractivity contribution in [1.29, 1.82) is 0 Å². The number of para-hydroxylation sites is 2. The molecule has 1 aliphatic heterocycles. The lowest BCUT2D eigenvalue weighted by atomic mass is 10.2. The van der Waals surface area contributed by atoms with Gasteiger partial charge in [-0.3, -0.25) is 4.79 Å². The fraction of sp³-hybridized carbons (Fsp3) is 0.417. The van der Waals surface area contributed by atoms with Gasteiger partial charge in [-0.15, -0.1) is 0 Å². The van der Waals surface area contributed by atoms with Crippen LogP contribution in [0, 0.1) is 0 Å². The molecule has 4 heteroatoms. The van der Waals surface area contributed by atoms with Gasteiger partial charge in [0.1, 0.15) is 5.75 Å². The summed E-state index contributed by atoms with van der Waals surface area (Å²) in [6, 6.07) is 7.40. The number of β-amino-alcohol motifs (C(OH)–C–C–N with tert-alkyl or cyclic N) is 1. The van der Waals surface area contributed by atoms with Crippen molar-refractivity contribution in [3.8, 4) is 5.75 Å². The van der Waals surface area contributed by atoms with Crippen molar-refractivity contribution in [2.45, 2.75) is 19.4 Å². The van der Waals surface area contributed by atoms with Crippen LogP contribution in [0.15, 0.2) is 24.3 Å². The number of nitrogens with zero attached hydrogens (tertiary/aromatic N) is 1. The maximum absolute atomic E-state index is 11.8. The Bertz CT molecular complexity index is 390. The van der Waals surface area contributed by atoms with Crippen molar-refractivity contribution in [2.24, 2.45) is 0 Å². The molecule has 1 heterocycles. The maximum Gasteiger partial charge on any atom is 0.230 e. The summed E-state index contributed by atoms with van der Waals surface area (Å²) in [5.41, 5.74) is 0.742. The topological polar surface area (TPSA) is 49.8 Å². The van der Waals surface area contributed by atoms with Crippen molar-refractivity contribution >= 4 is 11.6 Å². The lowest BCUT2D eigenvalue weighted by Crippen LogP contribution is -2.36. The molecular weight excluding hydrogens is 206 g/mol. The summed E-state index contributed by atoms with van der Waals surface area (Å²) >= 11 is 0. The Kier molecular flexibility index (Phi) is 3.10. The van der Waals surface area contributed by atoms with Gasteiger partial charge in [-0.2, -0.15) is 0 Å². The number of ether oxygens (including phenoxy) is 1. The van der Waals surface area contributed by atoms with Gasteiger partial charge in [0.2, 0.25) is 5.91 Å². The van der Waals surface area contributed by atoms with Gasteiger partial charge in [0.05, 0.1) is 31.4 Å². The molecule has 0 aromatic heterocycles. The summed E-state index contributed by atoms with van der Waals surface area (Å²) < 4.78 is 5.49. The van der Waals surface area contributed by atoms with Crippen molar-refractivity contribution in [1.82, 2.24) is 0 Å². The van der Waals surface area contributed by atoms with Crippen LogP contribution < -0.4 is 9.64 Å². The van der Waals surface area contributed by atoms with Crippen LogP contribution in [0.5, 0.6) is 5.75 Å². The smallest absolute Gasteiger partial charge is 0.230 e. The third kappa shape index (κ3) is 2.17. The normalized spacial score (nSPS) is 17.4. The van der Waals surface area contributed by atoms with E-state index in [1.54, 1.807) is 11.8 Å². The number of aliphatic hydroxyl groups excluding tert-OH is 1. The van der Waals surface area contributed by atoms with E-state index in [4.69, 9.17) is 4.74 Å². The summed E-state index contributed by atoms with van der Waals surface area (Å²) in [4.78, 5) is 13.4. The average molecular weight is 221 g/mol. The molecule has 1 atom stereocenters. The van der Waals surface area contributed by atoms with Gasteiger partial charge in [0.25, 0.3) is 0 Å². The van der Waals surface area contributed by atoms with E-state index in [0.717, 1.165) is 5.69 Å². The van der Waals surface area contributed by atoms with E-state index in [1.165, 1.54) is 0 Å². The molecule has 86 valence electrons. The quantitative estimate of drug-likeness (QED) is 0.816. The number of aliphatic hydroxyl groups is 1. The highest BCUT2D eigenvalue weighted by atomic mass is 16.5. The molecular formula is C12H15NO3. The molecule has 0 saturated heterocycles. The Balaban J connectivity index is 2.36. The Morgan fingerprint density at radius 3 is 3.00 bits per heavy atom. The van der Waals surface area contributed by atoms with Gasteiger partial charge in [-0.25, -0.2) is 0 Å². The molecule has 0 bridgehead atoms. The van der Waals surface area contributed by atoms with Gasteiger partial charge >= 0.3 is 0 Å². The number of carbonyl (C=O) groups is 1. The maximum atomic E-state index is 11.8. The second kappa shape index (κ2) is 4.53. The van der Waals surface area contributed by atoms with Crippen LogP contribution in [0.25, 0.3) is 0 Å². The molecule has 0 radical (unpaired) electrons. The average Bonchev–Trinajstić information content (AvgIpc) is 2.40. The minimum Gasteiger partial charge on any atom is -0.491 e. The van der Waals surface area contributed by atoms with Gasteiger partial charge in [0.15, 0.2) is 0 Å². The predicted molar refractivity (Wildman–Crippen MR) is 60.6 cm³/mol. The number of benzene rings is 1. The van der Waals surface area contributed by atoms with Crippen molar-refractivity contribution in [3.05, 3.63) is 24.3 Å². The first-order valence-electron chi connectivity index (χ1n) is 5.39. The van der Waals surface area contributed by atoms with Crippen LogP contribution in [0.3, 0.4) is 0 Å². The Morgan fingerprint density at radius 2 is 2.25 bits per heavy atom. The first-order chi connectivity index (χ1) is 7.68. The van der Waals surface area contributed by atoms with Gasteiger partial charge in [-0.05, 0) is 19.1 Å². The summed E-state index contributed by atoms with van der Waals surface area (Å²) in [6.07, 6.45) is -0.198. The molecule has 0 aliphatic carbocycles. The fourth-order valence-corrected chi connectivity index (χ4v) is 1.78. The molecule has 1 N–H and O–H groups in total. The Labute approximate surface area is 94.4 Å². The van der Waals surface area contributed by atoms with E-state index in [0.29, 0.717) is 25.3 Å². The molecule has 0 saturated carbocycles. The Morgan fingerprint density at radius 1 is 1.50 bits per heavy atom. The van der Waals surface area contributed by atoms with Crippen molar-refractivity contribution in [3.63, 3.8) is 0 Å². The number of fused-ring (bicyclic) bond motifs is 1. The van der Waals surface area contributed by atoms with Gasteiger partial charge in [0, 0.05) is 0 Å². The highest BCUT2D eigenvalue weighted by Gasteiger charge is 2.23. The predicted octanol–water partition coefficient (Wildman–Crippen LogP) is 1.18. The first-order valence-corrected chi connectivity index (χ1v) is 5.39. The van der Waals surface area contributed by atoms with Crippen LogP contribution in [-0.2, 0) is 4.79 Å². The van der Waals surface area contributed by atoms with E-state index < -0.39 is 6.10 Å². The highest BCUT2D eigenvalue weighted by molar-refractivity contribution is 5.95. The van der Waals surface area contributed by atoms with Crippen LogP contribution in [0.1, 0.15) is 13.3 Å². The molecule has 0 fully saturated rings. The molecule has 1 aliphatic rings. The summed E-state index contributed by atoms with van der Waals surface area (Å²) in [5.74, 6) is 0.694. The number of hydrogen-bond donors (Lipinski definition) is 1. The largest absolute Gasteiger partial charge is 0.491 e. The van der Waals surface area contributed by atoms with Crippen LogP contribution in [0.4, 0.5) is 5.69 Å². The summed E-state index contributed by atoms with van der Waals surface area (Å²) in [7, 11) is 0. The third-order valence-corrected chi connectivity index (χ3v) is 2.48. The minimum atomic E-state index is -0.546. The zero-order valence-electron chi connectivity index (χ0n) is 9.22. The number of anilines is 1. The lowest BCUT2D eigenvalue weighted by molar-refractivity contribution is -0.119. The lowest BCUT2D eigenvalue weighted by Gasteiger charge is -2.23. The number of carbonyl (C=O) groups excluding carboxylic acids is 1. The fourth-order valence-electron chi connectivity index (χ4n) is 1.78. The molecule has 1 amide bonds. The monoisotopic (exact) mass is 221 g/mol. The third-order valence-electron chi connectivity index (χ3n) is 2.48. The minimum absolute atomic E-state index is 0.00847. The van der Waals surface area contributed by atoms with Gasteiger partial charge < -0.3 is 14.7 Å². The van der Waals surface area contributed by atoms with Crippen LogP contribution >= 0.6 is 0 Å². The van der Waals surface area contributed by atoms with E-state index in [-0.39, 0.29) is 5.91 Å². The zero-order chi connectivity index (χ0) is 11.5. The van der Waals surface area contributed by atoms with Gasteiger partial charge in [-0.1, -0.05) is 12.1 Å². The SMILES string of the molecule is C[C@@H](O)CN1C(=O)CCOc2ccccc21. The van der Waals surface area contributed by atoms with E-state index in [9.17, 15) is 9.90 Å². The standard InChI is InChI=1S/C12H15NO3/c1-9(14)8-13-10-4-2-3-5-11(10)16-7-6-12(13)15/h2-5,9,14H,6-8H2,1H3/t9-/m1/s1. The second-order valence-corrected chi connectivity index (χ2v) is 3.92. The van der Waals surface area contributed by atoms with E-state index in [2.05, 4.69) is 0 Å². The van der Waals surface area contributed by atoms with Crippen LogP contribution in [-0.4, -0.2) is 30.3 Å². The molecule has 2 rings (SSSR count). The molecule has 1 aromatic carbocycles.